The quantitative estimate of drug-likeness (QED) is 0.469. The lowest BCUT2D eigenvalue weighted by Gasteiger charge is -2.32. The zero-order valence-electron chi connectivity index (χ0n) is 20.2. The fourth-order valence-electron chi connectivity index (χ4n) is 4.66. The number of benzene rings is 3. The number of nitrogens with zero attached hydrogens (tertiary/aromatic N) is 1. The van der Waals surface area contributed by atoms with Crippen molar-refractivity contribution < 1.29 is 37.3 Å². The molecule has 2 aliphatic rings. The summed E-state index contributed by atoms with van der Waals surface area (Å²) in [4.78, 5) is 24.0. The number of nitrogens with one attached hydrogen (secondary N) is 1. The Morgan fingerprint density at radius 3 is 2.00 bits per heavy atom. The molecule has 3 aromatic carbocycles. The lowest BCUT2D eigenvalue weighted by molar-refractivity contribution is -0.140. The highest BCUT2D eigenvalue weighted by Gasteiger charge is 2.56. The molecule has 0 aromatic heterocycles. The van der Waals surface area contributed by atoms with E-state index in [0.29, 0.717) is 22.9 Å². The van der Waals surface area contributed by atoms with Crippen LogP contribution < -0.4 is 23.8 Å². The molecule has 1 aliphatic carbocycles. The Morgan fingerprint density at radius 2 is 1.49 bits per heavy atom. The molecule has 3 atom stereocenters. The average molecular weight is 525 g/mol. The Balaban J connectivity index is 1.62. The molecule has 0 bridgehead atoms. The van der Waals surface area contributed by atoms with Crippen LogP contribution in [0.15, 0.2) is 65.6 Å². The number of carbonyl (C=O) groups is 2. The van der Waals surface area contributed by atoms with Crippen molar-refractivity contribution in [2.45, 2.75) is 11.8 Å². The van der Waals surface area contributed by atoms with E-state index in [2.05, 4.69) is 5.32 Å². The molecule has 0 saturated heterocycles. The van der Waals surface area contributed by atoms with Gasteiger partial charge in [-0.15, -0.1) is 0 Å². The van der Waals surface area contributed by atoms with Gasteiger partial charge in [0.25, 0.3) is 10.0 Å². The predicted molar refractivity (Wildman–Crippen MR) is 134 cm³/mol. The number of hydrogen-bond donors (Lipinski definition) is 2. The second-order valence-electron chi connectivity index (χ2n) is 8.75. The number of carboxylic acids is 1. The lowest BCUT2D eigenvalue weighted by Crippen LogP contribution is -2.29. The number of anilines is 3. The van der Waals surface area contributed by atoms with Crippen LogP contribution in [-0.4, -0.2) is 39.6 Å². The van der Waals surface area contributed by atoms with Gasteiger partial charge < -0.3 is 24.6 Å². The summed E-state index contributed by atoms with van der Waals surface area (Å²) < 4.78 is 46.3. The molecule has 1 fully saturated rings. The molecular weight excluding hydrogens is 500 g/mol. The van der Waals surface area contributed by atoms with Crippen LogP contribution in [0.4, 0.5) is 17.1 Å². The number of carboxylic acid groups (broad SMARTS) is 1. The number of carbonyl (C=O) groups excluding carboxylic acids is 1. The zero-order chi connectivity index (χ0) is 26.5. The van der Waals surface area contributed by atoms with Crippen molar-refractivity contribution in [3.63, 3.8) is 0 Å². The van der Waals surface area contributed by atoms with Gasteiger partial charge in [-0.05, 0) is 36.2 Å². The Bertz CT molecular complexity index is 1480. The minimum absolute atomic E-state index is 0.000458. The summed E-state index contributed by atoms with van der Waals surface area (Å²) in [5.41, 5.74) is 0.687. The maximum atomic E-state index is 14.2. The number of para-hydroxylation sites is 4. The van der Waals surface area contributed by atoms with Crippen molar-refractivity contribution >= 4 is 39.0 Å². The summed E-state index contributed by atoms with van der Waals surface area (Å²) in [7, 11) is -1.63. The van der Waals surface area contributed by atoms with Crippen LogP contribution in [0.25, 0.3) is 0 Å². The minimum atomic E-state index is -4.33. The highest BCUT2D eigenvalue weighted by atomic mass is 32.2. The molecule has 5 rings (SSSR count). The number of amides is 1. The second kappa shape index (κ2) is 9.00. The fraction of sp³-hybridized carbons (Fsp3) is 0.231. The SMILES string of the molecule is COc1cc(OC)c(S(=O)(=O)N2c3ccccc3Oc3ccccc32)cc1NC(=O)[C@H]1[C@@H](C)[C@H]1C(=O)O. The van der Waals surface area contributed by atoms with Gasteiger partial charge in [0.1, 0.15) is 27.8 Å². The van der Waals surface area contributed by atoms with Crippen LogP contribution in [0.3, 0.4) is 0 Å². The molecule has 1 heterocycles. The molecule has 10 nitrogen and oxygen atoms in total. The van der Waals surface area contributed by atoms with Gasteiger partial charge in [-0.25, -0.2) is 12.7 Å². The van der Waals surface area contributed by atoms with Crippen molar-refractivity contribution in [3.8, 4) is 23.0 Å². The monoisotopic (exact) mass is 524 g/mol. The summed E-state index contributed by atoms with van der Waals surface area (Å²) in [6.07, 6.45) is 0. The first-order chi connectivity index (χ1) is 17.7. The smallest absolute Gasteiger partial charge is 0.307 e. The largest absolute Gasteiger partial charge is 0.495 e. The van der Waals surface area contributed by atoms with Gasteiger partial charge in [-0.2, -0.15) is 0 Å². The zero-order valence-corrected chi connectivity index (χ0v) is 21.0. The standard InChI is InChI=1S/C26H24N2O8S/c1-14-23(24(14)26(30)31)25(29)27-15-12-22(21(35-3)13-20(15)34-2)37(32,33)28-16-8-4-6-10-18(16)36-19-11-7-5-9-17(19)28/h4-14,23-24H,1-3H3,(H,27,29)(H,30,31)/t14-,23+,24-/m1/s1. The third-order valence-electron chi connectivity index (χ3n) is 6.62. The minimum Gasteiger partial charge on any atom is -0.495 e. The van der Waals surface area contributed by atoms with E-state index >= 15 is 0 Å². The van der Waals surface area contributed by atoms with Crippen LogP contribution in [-0.2, 0) is 19.6 Å². The van der Waals surface area contributed by atoms with E-state index in [1.165, 1.54) is 30.7 Å². The molecule has 1 amide bonds. The highest BCUT2D eigenvalue weighted by molar-refractivity contribution is 7.93. The molecule has 0 radical (unpaired) electrons. The van der Waals surface area contributed by atoms with Crippen molar-refractivity contribution in [1.82, 2.24) is 0 Å². The number of hydrogen-bond acceptors (Lipinski definition) is 7. The van der Waals surface area contributed by atoms with E-state index in [4.69, 9.17) is 14.2 Å². The van der Waals surface area contributed by atoms with Crippen LogP contribution in [0.2, 0.25) is 0 Å². The maximum Gasteiger partial charge on any atom is 0.307 e. The van der Waals surface area contributed by atoms with Gasteiger partial charge in [0.15, 0.2) is 11.5 Å². The van der Waals surface area contributed by atoms with Crippen molar-refractivity contribution in [2.75, 3.05) is 23.8 Å². The van der Waals surface area contributed by atoms with E-state index in [9.17, 15) is 23.1 Å². The third-order valence-corrected chi connectivity index (χ3v) is 8.37. The normalized spacial score (nSPS) is 19.6. The molecule has 192 valence electrons. The first kappa shape index (κ1) is 24.4. The van der Waals surface area contributed by atoms with Gasteiger partial charge >= 0.3 is 5.97 Å². The first-order valence-corrected chi connectivity index (χ1v) is 12.8. The molecule has 37 heavy (non-hydrogen) atoms. The summed E-state index contributed by atoms with van der Waals surface area (Å²) in [5, 5.41) is 12.0. The fourth-order valence-corrected chi connectivity index (χ4v) is 6.34. The molecule has 1 saturated carbocycles. The van der Waals surface area contributed by atoms with Gasteiger partial charge in [-0.1, -0.05) is 31.2 Å². The third kappa shape index (κ3) is 4.01. The van der Waals surface area contributed by atoms with Gasteiger partial charge in [-0.3, -0.25) is 9.59 Å². The van der Waals surface area contributed by atoms with Gasteiger partial charge in [0.05, 0.1) is 31.7 Å². The van der Waals surface area contributed by atoms with Crippen molar-refractivity contribution in [2.24, 2.45) is 17.8 Å². The molecular formula is C26H24N2O8S. The summed E-state index contributed by atoms with van der Waals surface area (Å²) >= 11 is 0. The Labute approximate surface area is 213 Å². The predicted octanol–water partition coefficient (Wildman–Crippen LogP) is 4.24. The average Bonchev–Trinajstić information content (AvgIpc) is 3.58. The molecule has 0 unspecified atom stereocenters. The van der Waals surface area contributed by atoms with Crippen molar-refractivity contribution in [1.29, 1.82) is 0 Å². The first-order valence-electron chi connectivity index (χ1n) is 11.4. The molecule has 2 N–H and O–H groups in total. The van der Waals surface area contributed by atoms with Crippen LogP contribution in [0.5, 0.6) is 23.0 Å². The number of ether oxygens (including phenoxy) is 3. The number of methoxy groups -OCH3 is 2. The summed E-state index contributed by atoms with van der Waals surface area (Å²) in [6.45, 7) is 1.68. The van der Waals surface area contributed by atoms with Gasteiger partial charge in [0, 0.05) is 6.07 Å². The van der Waals surface area contributed by atoms with Crippen LogP contribution in [0, 0.1) is 17.8 Å². The Morgan fingerprint density at radius 1 is 0.919 bits per heavy atom. The molecule has 0 spiro atoms. The second-order valence-corrected chi connectivity index (χ2v) is 10.5. The Kier molecular flexibility index (Phi) is 5.95. The number of aliphatic carboxylic acids is 1. The molecule has 3 aromatic rings. The maximum absolute atomic E-state index is 14.2. The summed E-state index contributed by atoms with van der Waals surface area (Å²) in [6, 6.07) is 16.1. The summed E-state index contributed by atoms with van der Waals surface area (Å²) in [5.74, 6) is -2.59. The number of sulfonamides is 1. The van der Waals surface area contributed by atoms with E-state index < -0.39 is 33.7 Å². The Hall–Kier alpha value is -4.25. The molecule has 11 heteroatoms. The highest BCUT2D eigenvalue weighted by Crippen LogP contribution is 2.51. The molecule has 1 aliphatic heterocycles. The topological polar surface area (TPSA) is 131 Å². The van der Waals surface area contributed by atoms with Crippen LogP contribution >= 0.6 is 0 Å². The lowest BCUT2D eigenvalue weighted by atomic mass is 10.2. The van der Waals surface area contributed by atoms with E-state index in [1.54, 1.807) is 55.5 Å². The van der Waals surface area contributed by atoms with E-state index in [1.807, 2.05) is 0 Å². The number of fused-ring (bicyclic) bond motifs is 2. The van der Waals surface area contributed by atoms with Gasteiger partial charge in [0.2, 0.25) is 5.91 Å². The number of rotatable bonds is 7. The van der Waals surface area contributed by atoms with E-state index in [-0.39, 0.29) is 28.0 Å². The van der Waals surface area contributed by atoms with E-state index in [0.717, 1.165) is 0 Å². The van der Waals surface area contributed by atoms with Crippen molar-refractivity contribution in [3.05, 3.63) is 60.7 Å². The van der Waals surface area contributed by atoms with Crippen LogP contribution in [0.1, 0.15) is 6.92 Å².